The largest absolute Gasteiger partial charge is 0.324 e. The van der Waals surface area contributed by atoms with Crippen LogP contribution in [0, 0.1) is 20.2 Å². The normalized spacial score (nSPS) is 15.0. The van der Waals surface area contributed by atoms with Gasteiger partial charge in [-0.15, -0.1) is 0 Å². The Hall–Kier alpha value is -4.46. The van der Waals surface area contributed by atoms with E-state index < -0.39 is 9.85 Å². The molecule has 0 atom stereocenters. The monoisotopic (exact) mass is 442 g/mol. The van der Waals surface area contributed by atoms with Crippen LogP contribution in [0.2, 0.25) is 0 Å². The van der Waals surface area contributed by atoms with E-state index in [0.29, 0.717) is 5.92 Å². The molecular weight excluding hydrogens is 420 g/mol. The van der Waals surface area contributed by atoms with Crippen LogP contribution in [0.1, 0.15) is 25.3 Å². The molecule has 0 N–H and O–H groups in total. The van der Waals surface area contributed by atoms with Crippen LogP contribution in [0.3, 0.4) is 0 Å². The maximum Gasteiger partial charge on any atom is 0.300 e. The molecule has 2 aromatic carbocycles. The lowest BCUT2D eigenvalue weighted by molar-refractivity contribution is -0.393. The van der Waals surface area contributed by atoms with E-state index in [4.69, 9.17) is 0 Å². The first-order valence-electron chi connectivity index (χ1n) is 10.4. The Kier molecular flexibility index (Phi) is 5.91. The Labute approximate surface area is 191 Å². The zero-order chi connectivity index (χ0) is 23.5. The maximum atomic E-state index is 11.4. The van der Waals surface area contributed by atoms with Crippen LogP contribution in [-0.2, 0) is 0 Å². The fourth-order valence-electron chi connectivity index (χ4n) is 3.76. The van der Waals surface area contributed by atoms with Gasteiger partial charge in [-0.25, -0.2) is 0 Å². The summed E-state index contributed by atoms with van der Waals surface area (Å²) in [7, 11) is 0. The van der Waals surface area contributed by atoms with Crippen LogP contribution in [-0.4, -0.2) is 9.85 Å². The van der Waals surface area contributed by atoms with E-state index >= 15 is 0 Å². The Morgan fingerprint density at radius 3 is 1.79 bits per heavy atom. The molecule has 2 aliphatic heterocycles. The third-order valence-electron chi connectivity index (χ3n) is 5.47. The van der Waals surface area contributed by atoms with E-state index in [2.05, 4.69) is 30.9 Å². The molecule has 0 spiro atoms. The lowest BCUT2D eigenvalue weighted by Gasteiger charge is -2.24. The van der Waals surface area contributed by atoms with Crippen molar-refractivity contribution in [2.24, 2.45) is 0 Å². The van der Waals surface area contributed by atoms with E-state index in [0.717, 1.165) is 22.9 Å². The van der Waals surface area contributed by atoms with Gasteiger partial charge in [0.15, 0.2) is 0 Å². The number of benzene rings is 2. The van der Waals surface area contributed by atoms with Gasteiger partial charge in [0.25, 0.3) is 11.4 Å². The average molecular weight is 442 g/mol. The number of non-ortho nitro benzene ring substituents is 1. The highest BCUT2D eigenvalue weighted by Crippen LogP contribution is 2.34. The molecule has 0 saturated carbocycles. The number of anilines is 2. The molecule has 0 radical (unpaired) electrons. The van der Waals surface area contributed by atoms with Gasteiger partial charge in [-0.05, 0) is 59.1 Å². The molecule has 33 heavy (non-hydrogen) atoms. The summed E-state index contributed by atoms with van der Waals surface area (Å²) in [5.41, 5.74) is 3.95. The van der Waals surface area contributed by atoms with Crippen LogP contribution in [0.4, 0.5) is 22.7 Å². The zero-order valence-electron chi connectivity index (χ0n) is 18.2. The van der Waals surface area contributed by atoms with Crippen molar-refractivity contribution in [3.05, 3.63) is 129 Å². The number of allylic oxidation sites excluding steroid dienone is 6. The molecule has 2 aromatic rings. The third kappa shape index (κ3) is 4.45. The van der Waals surface area contributed by atoms with Crippen LogP contribution >= 0.6 is 0 Å². The summed E-state index contributed by atoms with van der Waals surface area (Å²) in [5, 5.41) is 22.4. The molecule has 8 heteroatoms. The van der Waals surface area contributed by atoms with Crippen LogP contribution in [0.5, 0.6) is 0 Å². The molecule has 0 bridgehead atoms. The predicted molar refractivity (Wildman–Crippen MR) is 129 cm³/mol. The van der Waals surface area contributed by atoms with Gasteiger partial charge >= 0.3 is 0 Å². The standard InChI is InChI=1S/C25H22N4O4/c1-18(2)22-5-3-4-6-23(22)26-13-9-19(10-14-26)20-11-15-27(16-12-20)24-8-7-21(28(30)31)17-25(24)29(32)33/h3-18H,1-2H3. The molecule has 0 aliphatic carbocycles. The highest BCUT2D eigenvalue weighted by Gasteiger charge is 2.23. The Morgan fingerprint density at radius 2 is 1.27 bits per heavy atom. The number of hydrogen-bond acceptors (Lipinski definition) is 6. The predicted octanol–water partition coefficient (Wildman–Crippen LogP) is 6.32. The number of nitrogens with zero attached hydrogens (tertiary/aromatic N) is 4. The number of para-hydroxylation sites is 1. The number of nitro groups is 2. The minimum absolute atomic E-state index is 0.258. The average Bonchev–Trinajstić information content (AvgIpc) is 2.84. The van der Waals surface area contributed by atoms with Crippen molar-refractivity contribution in [2.45, 2.75) is 19.8 Å². The summed E-state index contributed by atoms with van der Waals surface area (Å²) >= 11 is 0. The van der Waals surface area contributed by atoms with E-state index in [-0.39, 0.29) is 17.1 Å². The van der Waals surface area contributed by atoms with E-state index in [9.17, 15) is 20.2 Å². The molecule has 4 rings (SSSR count). The quantitative estimate of drug-likeness (QED) is 0.397. The van der Waals surface area contributed by atoms with Crippen molar-refractivity contribution in [1.29, 1.82) is 0 Å². The number of rotatable bonds is 5. The van der Waals surface area contributed by atoms with Crippen molar-refractivity contribution in [1.82, 2.24) is 0 Å². The van der Waals surface area contributed by atoms with Gasteiger partial charge in [0, 0.05) is 36.6 Å². The van der Waals surface area contributed by atoms with E-state index in [1.165, 1.54) is 17.7 Å². The number of nitro benzene ring substituents is 2. The summed E-state index contributed by atoms with van der Waals surface area (Å²) in [5.74, 6) is 0.404. The molecule has 0 unspecified atom stereocenters. The Bertz CT molecular complexity index is 1240. The van der Waals surface area contributed by atoms with Gasteiger partial charge in [-0.3, -0.25) is 20.2 Å². The van der Waals surface area contributed by atoms with Crippen molar-refractivity contribution >= 4 is 22.7 Å². The molecule has 0 aromatic heterocycles. The van der Waals surface area contributed by atoms with Gasteiger partial charge in [-0.2, -0.15) is 0 Å². The van der Waals surface area contributed by atoms with Gasteiger partial charge in [0.1, 0.15) is 5.69 Å². The first-order chi connectivity index (χ1) is 15.8. The number of hydrogen-bond donors (Lipinski definition) is 0. The van der Waals surface area contributed by atoms with Gasteiger partial charge in [-0.1, -0.05) is 32.0 Å². The SMILES string of the molecule is CC(C)c1ccccc1N1C=CC(=C2C=CN(c3ccc([N+](=O)[O-])cc3[N+](=O)[O-])C=C2)C=C1. The van der Waals surface area contributed by atoms with Crippen LogP contribution in [0.15, 0.2) is 103 Å². The lowest BCUT2D eigenvalue weighted by Crippen LogP contribution is -2.14. The summed E-state index contributed by atoms with van der Waals surface area (Å²) in [4.78, 5) is 24.8. The van der Waals surface area contributed by atoms with Crippen molar-refractivity contribution in [3.63, 3.8) is 0 Å². The van der Waals surface area contributed by atoms with Gasteiger partial charge in [0.05, 0.1) is 15.9 Å². The van der Waals surface area contributed by atoms with Crippen molar-refractivity contribution in [3.8, 4) is 0 Å². The fourth-order valence-corrected chi connectivity index (χ4v) is 3.76. The highest BCUT2D eigenvalue weighted by atomic mass is 16.6. The van der Waals surface area contributed by atoms with Crippen LogP contribution < -0.4 is 9.80 Å². The second-order valence-corrected chi connectivity index (χ2v) is 7.89. The molecule has 2 aliphatic rings. The summed E-state index contributed by atoms with van der Waals surface area (Å²) in [6.07, 6.45) is 15.2. The van der Waals surface area contributed by atoms with Gasteiger partial charge in [0.2, 0.25) is 0 Å². The Balaban J connectivity index is 1.56. The zero-order valence-corrected chi connectivity index (χ0v) is 18.2. The first kappa shape index (κ1) is 21.8. The fraction of sp³-hybridized carbons (Fsp3) is 0.120. The molecular formula is C25H22N4O4. The molecule has 0 amide bonds. The van der Waals surface area contributed by atoms with E-state index in [1.54, 1.807) is 17.3 Å². The summed E-state index contributed by atoms with van der Waals surface area (Å²) < 4.78 is 0. The van der Waals surface area contributed by atoms with Crippen LogP contribution in [0.25, 0.3) is 0 Å². The topological polar surface area (TPSA) is 92.8 Å². The highest BCUT2D eigenvalue weighted by molar-refractivity contribution is 5.71. The minimum atomic E-state index is -0.647. The molecule has 2 heterocycles. The van der Waals surface area contributed by atoms with Crippen molar-refractivity contribution in [2.75, 3.05) is 9.80 Å². The molecule has 0 fully saturated rings. The second kappa shape index (κ2) is 8.96. The smallest absolute Gasteiger partial charge is 0.300 e. The van der Waals surface area contributed by atoms with E-state index in [1.807, 2.05) is 48.8 Å². The third-order valence-corrected chi connectivity index (χ3v) is 5.47. The molecule has 8 nitrogen and oxygen atoms in total. The van der Waals surface area contributed by atoms with Crippen molar-refractivity contribution < 1.29 is 9.85 Å². The first-order valence-corrected chi connectivity index (χ1v) is 10.4. The lowest BCUT2D eigenvalue weighted by atomic mass is 9.99. The minimum Gasteiger partial charge on any atom is -0.324 e. The summed E-state index contributed by atoms with van der Waals surface area (Å²) in [6, 6.07) is 11.9. The summed E-state index contributed by atoms with van der Waals surface area (Å²) in [6.45, 7) is 4.34. The Morgan fingerprint density at radius 1 is 0.727 bits per heavy atom. The maximum absolute atomic E-state index is 11.4. The van der Waals surface area contributed by atoms with Gasteiger partial charge < -0.3 is 9.80 Å². The molecule has 0 saturated heterocycles. The second-order valence-electron chi connectivity index (χ2n) is 7.89. The molecule has 166 valence electrons.